The average molecular weight is 352 g/mol. The van der Waals surface area contributed by atoms with E-state index in [1.54, 1.807) is 6.34 Å². The first-order valence-electron chi connectivity index (χ1n) is 8.02. The van der Waals surface area contributed by atoms with Gasteiger partial charge in [0.15, 0.2) is 0 Å². The molecule has 0 radical (unpaired) electrons. The number of halogens is 1. The number of nitrogens with zero attached hydrogens (tertiary/aromatic N) is 3. The molecule has 3 nitrogen and oxygen atoms in total. The van der Waals surface area contributed by atoms with Crippen LogP contribution in [-0.4, -0.2) is 18.3 Å². The summed E-state index contributed by atoms with van der Waals surface area (Å²) in [6.07, 6.45) is 3.23. The Morgan fingerprint density at radius 1 is 1.24 bits per heavy atom. The van der Waals surface area contributed by atoms with E-state index in [0.29, 0.717) is 11.6 Å². The van der Waals surface area contributed by atoms with Gasteiger partial charge in [-0.25, -0.2) is 4.99 Å². The van der Waals surface area contributed by atoms with Crippen LogP contribution in [-0.2, 0) is 12.0 Å². The predicted molar refractivity (Wildman–Crippen MR) is 106 cm³/mol. The molecule has 0 fully saturated rings. The number of aliphatic imine (C=N–C) groups is 1. The molecule has 4 heteroatoms. The highest BCUT2D eigenvalue weighted by atomic mass is 35.5. The molecule has 0 aliphatic carbocycles. The minimum Gasteiger partial charge on any atom is -0.361 e. The van der Waals surface area contributed by atoms with Crippen molar-refractivity contribution >= 4 is 17.9 Å². The summed E-state index contributed by atoms with van der Waals surface area (Å²) in [4.78, 5) is 6.02. The Morgan fingerprint density at radius 2 is 2.00 bits per heavy atom. The van der Waals surface area contributed by atoms with Crippen molar-refractivity contribution in [3.63, 3.8) is 0 Å². The number of nitriles is 1. The third kappa shape index (κ3) is 4.95. The molecule has 25 heavy (non-hydrogen) atoms. The van der Waals surface area contributed by atoms with Crippen LogP contribution >= 0.6 is 11.6 Å². The van der Waals surface area contributed by atoms with E-state index >= 15 is 0 Å². The number of benzene rings is 2. The minimum absolute atomic E-state index is 0.572. The van der Waals surface area contributed by atoms with Crippen LogP contribution in [0.5, 0.6) is 0 Å². The van der Waals surface area contributed by atoms with E-state index in [0.717, 1.165) is 22.3 Å². The van der Waals surface area contributed by atoms with Gasteiger partial charge in [-0.2, -0.15) is 5.26 Å². The normalized spacial score (nSPS) is 11.3. The molecule has 2 aromatic rings. The van der Waals surface area contributed by atoms with Crippen LogP contribution in [0.25, 0.3) is 11.1 Å². The van der Waals surface area contributed by atoms with Crippen LogP contribution in [0.1, 0.15) is 25.0 Å². The zero-order valence-electron chi connectivity index (χ0n) is 14.8. The van der Waals surface area contributed by atoms with Crippen LogP contribution in [0.15, 0.2) is 60.2 Å². The van der Waals surface area contributed by atoms with Gasteiger partial charge in [-0.15, -0.1) is 0 Å². The van der Waals surface area contributed by atoms with E-state index in [-0.39, 0.29) is 0 Å². The lowest BCUT2D eigenvalue weighted by atomic mass is 9.83. The zero-order valence-corrected chi connectivity index (χ0v) is 15.6. The second-order valence-corrected chi connectivity index (χ2v) is 6.96. The van der Waals surface area contributed by atoms with Gasteiger partial charge >= 0.3 is 0 Å². The summed E-state index contributed by atoms with van der Waals surface area (Å²) in [5.41, 5.74) is 3.60. The summed E-state index contributed by atoms with van der Waals surface area (Å²) < 4.78 is 0. The summed E-state index contributed by atoms with van der Waals surface area (Å²) in [6, 6.07) is 16.4. The maximum absolute atomic E-state index is 9.53. The highest BCUT2D eigenvalue weighted by Crippen LogP contribution is 2.30. The second kappa shape index (κ2) is 8.00. The predicted octanol–water partition coefficient (Wildman–Crippen LogP) is 5.41. The third-order valence-corrected chi connectivity index (χ3v) is 4.19. The molecule has 0 N–H and O–H groups in total. The minimum atomic E-state index is -0.572. The first-order chi connectivity index (χ1) is 11.9. The van der Waals surface area contributed by atoms with E-state index in [4.69, 9.17) is 11.6 Å². The lowest BCUT2D eigenvalue weighted by Gasteiger charge is -2.21. The van der Waals surface area contributed by atoms with Crippen molar-refractivity contribution < 1.29 is 0 Å². The fourth-order valence-electron chi connectivity index (χ4n) is 2.53. The lowest BCUT2D eigenvalue weighted by molar-refractivity contribution is 0.515. The Morgan fingerprint density at radius 3 is 2.64 bits per heavy atom. The molecule has 0 bridgehead atoms. The van der Waals surface area contributed by atoms with Crippen molar-refractivity contribution in [3.05, 3.63) is 71.4 Å². The summed E-state index contributed by atoms with van der Waals surface area (Å²) in [5.74, 6) is 0. The summed E-state index contributed by atoms with van der Waals surface area (Å²) in [7, 11) is 1.95. The molecule has 0 heterocycles. The molecule has 0 aliphatic heterocycles. The topological polar surface area (TPSA) is 39.4 Å². The molecule has 128 valence electrons. The largest absolute Gasteiger partial charge is 0.361 e. The monoisotopic (exact) mass is 351 g/mol. The van der Waals surface area contributed by atoms with Crippen LogP contribution < -0.4 is 0 Å². The molecule has 0 aliphatic rings. The van der Waals surface area contributed by atoms with Gasteiger partial charge in [-0.05, 0) is 60.4 Å². The van der Waals surface area contributed by atoms with Gasteiger partial charge in [0.25, 0.3) is 0 Å². The zero-order chi connectivity index (χ0) is 18.4. The highest BCUT2D eigenvalue weighted by molar-refractivity contribution is 6.30. The maximum Gasteiger partial charge on any atom is 0.0905 e. The molecule has 0 amide bonds. The Bertz CT molecular complexity index is 831. The van der Waals surface area contributed by atoms with Gasteiger partial charge in [0.1, 0.15) is 0 Å². The summed E-state index contributed by atoms with van der Waals surface area (Å²) >= 11 is 6.15. The number of hydrogen-bond acceptors (Lipinski definition) is 2. The molecular weight excluding hydrogens is 330 g/mol. The van der Waals surface area contributed by atoms with E-state index in [2.05, 4.69) is 35.8 Å². The number of hydrogen-bond donors (Lipinski definition) is 0. The molecule has 0 spiro atoms. The average Bonchev–Trinajstić information content (AvgIpc) is 2.59. The lowest BCUT2D eigenvalue weighted by Crippen LogP contribution is -2.18. The Balaban J connectivity index is 2.51. The Hall–Kier alpha value is -2.57. The van der Waals surface area contributed by atoms with E-state index < -0.39 is 5.41 Å². The van der Waals surface area contributed by atoms with Crippen molar-refractivity contribution in [1.82, 2.24) is 4.90 Å². The van der Waals surface area contributed by atoms with Gasteiger partial charge in [-0.1, -0.05) is 36.4 Å². The molecule has 2 rings (SSSR count). The number of rotatable bonds is 6. The SMILES string of the molecule is C=C/N=C\N(C)Cc1cc(-c2cccc(Cl)c2)cc(C(C)(C)C#N)c1. The molecule has 0 saturated heterocycles. The van der Waals surface area contributed by atoms with Crippen LogP contribution in [0.4, 0.5) is 0 Å². The van der Waals surface area contributed by atoms with Gasteiger partial charge < -0.3 is 4.90 Å². The van der Waals surface area contributed by atoms with Crippen molar-refractivity contribution in [2.45, 2.75) is 25.8 Å². The van der Waals surface area contributed by atoms with Crippen molar-refractivity contribution in [2.75, 3.05) is 7.05 Å². The third-order valence-electron chi connectivity index (χ3n) is 3.95. The molecule has 0 unspecified atom stereocenters. The fraction of sp³-hybridized carbons (Fsp3) is 0.238. The maximum atomic E-state index is 9.53. The Labute approximate surface area is 154 Å². The van der Waals surface area contributed by atoms with Gasteiger partial charge in [0.05, 0.1) is 17.8 Å². The summed E-state index contributed by atoms with van der Waals surface area (Å²) in [5, 5.41) is 10.2. The van der Waals surface area contributed by atoms with Crippen LogP contribution in [0, 0.1) is 11.3 Å². The smallest absolute Gasteiger partial charge is 0.0905 e. The van der Waals surface area contributed by atoms with E-state index in [9.17, 15) is 5.26 Å². The molecular formula is C21H22ClN3. The molecule has 0 saturated carbocycles. The van der Waals surface area contributed by atoms with Gasteiger partial charge in [0, 0.05) is 24.8 Å². The second-order valence-electron chi connectivity index (χ2n) is 6.53. The first-order valence-corrected chi connectivity index (χ1v) is 8.39. The van der Waals surface area contributed by atoms with Crippen LogP contribution in [0.2, 0.25) is 5.02 Å². The quantitative estimate of drug-likeness (QED) is 0.515. The standard InChI is InChI=1S/C21H22ClN3/c1-5-24-15-25(4)13-16-9-18(17-7-6-8-20(22)12-17)11-19(10-16)21(2,3)14-23/h5-12,15H,1,13H2,2-4H3/b24-15-. The fourth-order valence-corrected chi connectivity index (χ4v) is 2.72. The van der Waals surface area contributed by atoms with Crippen molar-refractivity contribution in [2.24, 2.45) is 4.99 Å². The van der Waals surface area contributed by atoms with Gasteiger partial charge in [-0.3, -0.25) is 0 Å². The van der Waals surface area contributed by atoms with Crippen molar-refractivity contribution in [1.29, 1.82) is 5.26 Å². The van der Waals surface area contributed by atoms with E-state index in [1.165, 1.54) is 6.20 Å². The summed E-state index contributed by atoms with van der Waals surface area (Å²) in [6.45, 7) is 8.12. The molecule has 2 aromatic carbocycles. The van der Waals surface area contributed by atoms with Crippen molar-refractivity contribution in [3.8, 4) is 17.2 Å². The van der Waals surface area contributed by atoms with Crippen LogP contribution in [0.3, 0.4) is 0 Å². The first kappa shape index (κ1) is 18.8. The molecule has 0 aromatic heterocycles. The van der Waals surface area contributed by atoms with E-state index in [1.807, 2.05) is 50.1 Å². The highest BCUT2D eigenvalue weighted by Gasteiger charge is 2.21. The molecule has 0 atom stereocenters. The van der Waals surface area contributed by atoms with Gasteiger partial charge in [0.2, 0.25) is 0 Å². The Kier molecular flexibility index (Phi) is 6.01.